The molecule has 1 aliphatic heterocycles. The first kappa shape index (κ1) is 11.9. The molecule has 0 bridgehead atoms. The third-order valence-electron chi connectivity index (χ3n) is 3.46. The van der Waals surface area contributed by atoms with Gasteiger partial charge in [-0.2, -0.15) is 0 Å². The summed E-state index contributed by atoms with van der Waals surface area (Å²) in [6.07, 6.45) is 0.895. The van der Waals surface area contributed by atoms with E-state index in [1.54, 1.807) is 0 Å². The number of ether oxygens (including phenoxy) is 1. The van der Waals surface area contributed by atoms with Crippen LogP contribution in [0.15, 0.2) is 16.6 Å². The topological polar surface area (TPSA) is 34.2 Å². The molecule has 0 spiro atoms. The van der Waals surface area contributed by atoms with Crippen molar-refractivity contribution in [3.05, 3.63) is 33.4 Å². The minimum absolute atomic E-state index is 0.648. The molecule has 18 heavy (non-hydrogen) atoms. The van der Waals surface area contributed by atoms with E-state index >= 15 is 0 Å². The molecule has 1 aromatic heterocycles. The molecule has 0 fully saturated rings. The van der Waals surface area contributed by atoms with E-state index in [1.165, 1.54) is 16.8 Å². The Balaban J connectivity index is 2.44. The molecule has 2 aromatic rings. The number of hydrogen-bond donors (Lipinski definition) is 1. The predicted molar refractivity (Wildman–Crippen MR) is 77.1 cm³/mol. The maximum Gasteiger partial charge on any atom is 0.0766 e. The Bertz CT molecular complexity index is 625. The van der Waals surface area contributed by atoms with Crippen molar-refractivity contribution in [3.8, 4) is 0 Å². The molecule has 1 aliphatic rings. The zero-order valence-corrected chi connectivity index (χ0v) is 12.1. The van der Waals surface area contributed by atoms with Gasteiger partial charge in [0.2, 0.25) is 0 Å². The smallest absolute Gasteiger partial charge is 0.0766 e. The van der Waals surface area contributed by atoms with Crippen LogP contribution in [-0.4, -0.2) is 18.6 Å². The minimum atomic E-state index is 0.648. The number of nitrogens with one attached hydrogen (secondary N) is 1. The molecule has 4 heteroatoms. The predicted octanol–water partition coefficient (Wildman–Crippen LogP) is 3.42. The molecule has 1 N–H and O–H groups in total. The molecule has 0 unspecified atom stereocenters. The third kappa shape index (κ3) is 1.71. The minimum Gasteiger partial charge on any atom is -0.387 e. The van der Waals surface area contributed by atoms with Gasteiger partial charge in [-0.25, -0.2) is 0 Å². The van der Waals surface area contributed by atoms with Crippen molar-refractivity contribution in [2.24, 2.45) is 0 Å². The first-order valence-corrected chi connectivity index (χ1v) is 6.87. The lowest BCUT2D eigenvalue weighted by molar-refractivity contribution is 0.110. The fourth-order valence-corrected chi connectivity index (χ4v) is 3.05. The Morgan fingerprint density at radius 1 is 1.39 bits per heavy atom. The lowest BCUT2D eigenvalue weighted by Crippen LogP contribution is -2.14. The molecule has 0 radical (unpaired) electrons. The average molecular weight is 307 g/mol. The van der Waals surface area contributed by atoms with Gasteiger partial charge in [-0.05, 0) is 18.6 Å². The van der Waals surface area contributed by atoms with Crippen molar-refractivity contribution in [3.63, 3.8) is 0 Å². The molecule has 2 heterocycles. The fraction of sp³-hybridized carbons (Fsp3) is 0.357. The highest BCUT2D eigenvalue weighted by molar-refractivity contribution is 9.10. The van der Waals surface area contributed by atoms with E-state index in [9.17, 15) is 0 Å². The van der Waals surface area contributed by atoms with E-state index in [2.05, 4.69) is 40.3 Å². The molecule has 0 saturated carbocycles. The number of aryl methyl sites for hydroxylation is 1. The molecule has 0 aliphatic carbocycles. The van der Waals surface area contributed by atoms with Crippen LogP contribution in [-0.2, 0) is 17.8 Å². The Labute approximate surface area is 115 Å². The van der Waals surface area contributed by atoms with Gasteiger partial charge in [-0.3, -0.25) is 4.98 Å². The highest BCUT2D eigenvalue weighted by Crippen LogP contribution is 2.36. The van der Waals surface area contributed by atoms with Crippen LogP contribution in [0.1, 0.15) is 16.8 Å². The van der Waals surface area contributed by atoms with E-state index < -0.39 is 0 Å². The van der Waals surface area contributed by atoms with Gasteiger partial charge >= 0.3 is 0 Å². The second-order valence-corrected chi connectivity index (χ2v) is 5.41. The second-order valence-electron chi connectivity index (χ2n) is 4.55. The summed E-state index contributed by atoms with van der Waals surface area (Å²) in [6, 6.07) is 4.18. The molecule has 3 rings (SSSR count). The SMILES string of the molecule is CNc1c2c(nc3c(C)ccc(Br)c13)CCOC2. The van der Waals surface area contributed by atoms with Crippen LogP contribution < -0.4 is 5.32 Å². The quantitative estimate of drug-likeness (QED) is 0.876. The largest absolute Gasteiger partial charge is 0.387 e. The summed E-state index contributed by atoms with van der Waals surface area (Å²) in [7, 11) is 1.96. The monoisotopic (exact) mass is 306 g/mol. The number of fused-ring (bicyclic) bond motifs is 2. The lowest BCUT2D eigenvalue weighted by atomic mass is 10.0. The molecule has 94 valence electrons. The van der Waals surface area contributed by atoms with Crippen LogP contribution in [0.25, 0.3) is 10.9 Å². The standard InChI is InChI=1S/C14H15BrN2O/c1-8-3-4-10(15)12-13(8)17-11-5-6-18-7-9(11)14(12)16-2/h3-4H,5-7H2,1-2H3,(H,16,17). The van der Waals surface area contributed by atoms with Gasteiger partial charge in [-0.15, -0.1) is 0 Å². The van der Waals surface area contributed by atoms with Crippen molar-refractivity contribution in [1.82, 2.24) is 4.98 Å². The normalized spacial score (nSPS) is 14.6. The average Bonchev–Trinajstić information content (AvgIpc) is 2.41. The number of aromatic nitrogens is 1. The van der Waals surface area contributed by atoms with Gasteiger partial charge < -0.3 is 10.1 Å². The van der Waals surface area contributed by atoms with Gasteiger partial charge in [0.05, 0.1) is 30.1 Å². The number of nitrogens with zero attached hydrogens (tertiary/aromatic N) is 1. The van der Waals surface area contributed by atoms with Gasteiger partial charge in [0.1, 0.15) is 0 Å². The lowest BCUT2D eigenvalue weighted by Gasteiger charge is -2.22. The summed E-state index contributed by atoms with van der Waals surface area (Å²) in [4.78, 5) is 4.83. The van der Waals surface area contributed by atoms with Crippen LogP contribution in [0.2, 0.25) is 0 Å². The first-order chi connectivity index (χ1) is 8.72. The molecule has 0 saturated heterocycles. The second kappa shape index (κ2) is 4.52. The number of benzene rings is 1. The summed E-state index contributed by atoms with van der Waals surface area (Å²) >= 11 is 3.63. The van der Waals surface area contributed by atoms with E-state index in [4.69, 9.17) is 9.72 Å². The number of pyridine rings is 1. The van der Waals surface area contributed by atoms with Crippen molar-refractivity contribution in [1.29, 1.82) is 0 Å². The van der Waals surface area contributed by atoms with Gasteiger partial charge in [0, 0.05) is 28.9 Å². The molecular formula is C14H15BrN2O. The zero-order valence-electron chi connectivity index (χ0n) is 10.5. The maximum absolute atomic E-state index is 5.56. The number of halogens is 1. The zero-order chi connectivity index (χ0) is 12.7. The summed E-state index contributed by atoms with van der Waals surface area (Å²) in [5.41, 5.74) is 5.79. The van der Waals surface area contributed by atoms with Crippen LogP contribution in [0, 0.1) is 6.92 Å². The van der Waals surface area contributed by atoms with Crippen LogP contribution >= 0.6 is 15.9 Å². The van der Waals surface area contributed by atoms with Crippen LogP contribution in [0.5, 0.6) is 0 Å². The Morgan fingerprint density at radius 2 is 2.22 bits per heavy atom. The van der Waals surface area contributed by atoms with E-state index in [-0.39, 0.29) is 0 Å². The van der Waals surface area contributed by atoms with Gasteiger partial charge in [-0.1, -0.05) is 22.0 Å². The maximum atomic E-state index is 5.56. The first-order valence-electron chi connectivity index (χ1n) is 6.08. The number of hydrogen-bond acceptors (Lipinski definition) is 3. The van der Waals surface area contributed by atoms with Gasteiger partial charge in [0.25, 0.3) is 0 Å². The number of rotatable bonds is 1. The van der Waals surface area contributed by atoms with Gasteiger partial charge in [0.15, 0.2) is 0 Å². The molecule has 3 nitrogen and oxygen atoms in total. The molecular weight excluding hydrogens is 292 g/mol. The summed E-state index contributed by atoms with van der Waals surface area (Å²) in [5.74, 6) is 0. The Morgan fingerprint density at radius 3 is 3.00 bits per heavy atom. The molecule has 0 atom stereocenters. The Hall–Kier alpha value is -1.13. The third-order valence-corrected chi connectivity index (χ3v) is 4.12. The highest BCUT2D eigenvalue weighted by atomic mass is 79.9. The number of anilines is 1. The van der Waals surface area contributed by atoms with E-state index in [0.29, 0.717) is 6.61 Å². The van der Waals surface area contributed by atoms with E-state index in [0.717, 1.165) is 34.1 Å². The van der Waals surface area contributed by atoms with E-state index in [1.807, 2.05) is 7.05 Å². The van der Waals surface area contributed by atoms with Crippen molar-refractivity contribution >= 4 is 32.5 Å². The highest BCUT2D eigenvalue weighted by Gasteiger charge is 2.19. The summed E-state index contributed by atoms with van der Waals surface area (Å²) in [5, 5.41) is 4.47. The van der Waals surface area contributed by atoms with Crippen LogP contribution in [0.4, 0.5) is 5.69 Å². The fourth-order valence-electron chi connectivity index (χ4n) is 2.53. The summed E-state index contributed by atoms with van der Waals surface area (Å²) in [6.45, 7) is 3.52. The summed E-state index contributed by atoms with van der Waals surface area (Å²) < 4.78 is 6.64. The molecule has 0 amide bonds. The van der Waals surface area contributed by atoms with Crippen molar-refractivity contribution in [2.45, 2.75) is 20.0 Å². The molecule has 1 aromatic carbocycles. The van der Waals surface area contributed by atoms with Crippen molar-refractivity contribution in [2.75, 3.05) is 19.0 Å². The van der Waals surface area contributed by atoms with Crippen molar-refractivity contribution < 1.29 is 4.74 Å². The van der Waals surface area contributed by atoms with Crippen LogP contribution in [0.3, 0.4) is 0 Å². The Kier molecular flexibility index (Phi) is 2.99.